The molecule has 0 amide bonds. The minimum atomic E-state index is -0.400. The first-order valence-electron chi connectivity index (χ1n) is 8.67. The van der Waals surface area contributed by atoms with Crippen LogP contribution in [0.5, 0.6) is 11.5 Å². The van der Waals surface area contributed by atoms with Crippen molar-refractivity contribution >= 4 is 41.3 Å². The molecule has 2 rings (SSSR count). The predicted octanol–water partition coefficient (Wildman–Crippen LogP) is 4.20. The van der Waals surface area contributed by atoms with Crippen LogP contribution in [0.3, 0.4) is 0 Å². The molecule has 0 bridgehead atoms. The summed E-state index contributed by atoms with van der Waals surface area (Å²) in [5.41, 5.74) is 1.36. The Morgan fingerprint density at radius 2 is 1.93 bits per heavy atom. The number of ether oxygens (including phenoxy) is 2. The van der Waals surface area contributed by atoms with Gasteiger partial charge < -0.3 is 20.1 Å². The van der Waals surface area contributed by atoms with E-state index in [0.717, 1.165) is 5.69 Å². The zero-order valence-electron chi connectivity index (χ0n) is 16.1. The highest BCUT2D eigenvalue weighted by molar-refractivity contribution is 14.0. The minimum absolute atomic E-state index is 0. The molecule has 2 aromatic rings. The highest BCUT2D eigenvalue weighted by Crippen LogP contribution is 2.30. The molecular formula is C19H25IN4O4. The smallest absolute Gasteiger partial charge is 0.274 e. The lowest BCUT2D eigenvalue weighted by Gasteiger charge is -2.14. The van der Waals surface area contributed by atoms with Gasteiger partial charge in [-0.3, -0.25) is 10.1 Å². The first-order chi connectivity index (χ1) is 13.1. The summed E-state index contributed by atoms with van der Waals surface area (Å²) in [6.07, 6.45) is 0. The first kappa shape index (κ1) is 23.5. The van der Waals surface area contributed by atoms with Gasteiger partial charge in [-0.2, -0.15) is 0 Å². The summed E-state index contributed by atoms with van der Waals surface area (Å²) >= 11 is 0. The number of aliphatic imine (C=N–C) groups is 1. The van der Waals surface area contributed by atoms with E-state index in [4.69, 9.17) is 9.47 Å². The van der Waals surface area contributed by atoms with Gasteiger partial charge in [0, 0.05) is 24.4 Å². The highest BCUT2D eigenvalue weighted by Gasteiger charge is 2.12. The molecule has 0 atom stereocenters. The maximum Gasteiger partial charge on any atom is 0.274 e. The molecule has 0 aliphatic rings. The van der Waals surface area contributed by atoms with Crippen molar-refractivity contribution in [2.24, 2.45) is 4.99 Å². The Kier molecular flexibility index (Phi) is 10.1. The molecule has 0 heterocycles. The number of anilines is 1. The van der Waals surface area contributed by atoms with Crippen LogP contribution in [-0.2, 0) is 6.54 Å². The Labute approximate surface area is 181 Å². The van der Waals surface area contributed by atoms with Crippen LogP contribution >= 0.6 is 24.0 Å². The Morgan fingerprint density at radius 1 is 1.18 bits per heavy atom. The van der Waals surface area contributed by atoms with Crippen LogP contribution in [-0.4, -0.2) is 31.1 Å². The monoisotopic (exact) mass is 500 g/mol. The van der Waals surface area contributed by atoms with Crippen LogP contribution in [0.15, 0.2) is 47.5 Å². The van der Waals surface area contributed by atoms with Gasteiger partial charge in [0.15, 0.2) is 17.5 Å². The summed E-state index contributed by atoms with van der Waals surface area (Å²) in [5, 5.41) is 17.4. The summed E-state index contributed by atoms with van der Waals surface area (Å²) in [5.74, 6) is 1.78. The largest absolute Gasteiger partial charge is 0.493 e. The van der Waals surface area contributed by atoms with E-state index in [0.29, 0.717) is 36.2 Å². The molecule has 0 spiro atoms. The summed E-state index contributed by atoms with van der Waals surface area (Å²) in [6.45, 7) is 5.23. The lowest BCUT2D eigenvalue weighted by molar-refractivity contribution is -0.385. The van der Waals surface area contributed by atoms with Crippen LogP contribution in [0.2, 0.25) is 0 Å². The van der Waals surface area contributed by atoms with Gasteiger partial charge in [0.25, 0.3) is 5.69 Å². The quantitative estimate of drug-likeness (QED) is 0.186. The van der Waals surface area contributed by atoms with Crippen molar-refractivity contribution in [3.8, 4) is 11.5 Å². The fourth-order valence-corrected chi connectivity index (χ4v) is 2.45. The lowest BCUT2D eigenvalue weighted by Crippen LogP contribution is -2.30. The van der Waals surface area contributed by atoms with Gasteiger partial charge >= 0.3 is 0 Å². The van der Waals surface area contributed by atoms with E-state index in [2.05, 4.69) is 15.6 Å². The average molecular weight is 500 g/mol. The van der Waals surface area contributed by atoms with E-state index in [9.17, 15) is 10.1 Å². The second-order valence-electron chi connectivity index (χ2n) is 5.50. The molecule has 2 aromatic carbocycles. The molecule has 2 N–H and O–H groups in total. The molecule has 0 saturated heterocycles. The fourth-order valence-electron chi connectivity index (χ4n) is 2.45. The zero-order chi connectivity index (χ0) is 19.6. The van der Waals surface area contributed by atoms with Crippen LogP contribution < -0.4 is 20.1 Å². The summed E-state index contributed by atoms with van der Waals surface area (Å²) in [7, 11) is 1.58. The average Bonchev–Trinajstić information content (AvgIpc) is 2.67. The minimum Gasteiger partial charge on any atom is -0.493 e. The Balaban J connectivity index is 0.00000392. The van der Waals surface area contributed by atoms with Crippen LogP contribution in [0.25, 0.3) is 0 Å². The molecule has 8 nitrogen and oxygen atoms in total. The van der Waals surface area contributed by atoms with E-state index >= 15 is 0 Å². The van der Waals surface area contributed by atoms with E-state index in [1.165, 1.54) is 6.07 Å². The molecule has 0 unspecified atom stereocenters. The van der Waals surface area contributed by atoms with Crippen LogP contribution in [0, 0.1) is 10.1 Å². The number of methoxy groups -OCH3 is 1. The molecule has 0 aromatic heterocycles. The normalized spacial score (nSPS) is 10.6. The Bertz CT molecular complexity index is 814. The number of hydrogen-bond donors (Lipinski definition) is 2. The molecule has 0 fully saturated rings. The predicted molar refractivity (Wildman–Crippen MR) is 121 cm³/mol. The standard InChI is InChI=1S/C19H24N4O4.HI/c1-4-20-19(21-13-14-8-6-7-9-16(14)23(24)25)22-15-10-11-17(27-5-2)18(12-15)26-3;/h6-12H,4-5,13H2,1-3H3,(H2,20,21,22);1H. The summed E-state index contributed by atoms with van der Waals surface area (Å²) in [4.78, 5) is 15.2. The van der Waals surface area contributed by atoms with Gasteiger partial charge in [-0.25, -0.2) is 4.99 Å². The second kappa shape index (κ2) is 12.0. The number of benzene rings is 2. The molecule has 0 radical (unpaired) electrons. The van der Waals surface area contributed by atoms with E-state index < -0.39 is 4.92 Å². The number of para-hydroxylation sites is 1. The van der Waals surface area contributed by atoms with Gasteiger partial charge in [-0.15, -0.1) is 24.0 Å². The van der Waals surface area contributed by atoms with Crippen LogP contribution in [0.1, 0.15) is 19.4 Å². The number of nitro benzene ring substituents is 1. The fraction of sp³-hybridized carbons (Fsp3) is 0.316. The van der Waals surface area contributed by atoms with Crippen molar-refractivity contribution < 1.29 is 14.4 Å². The van der Waals surface area contributed by atoms with E-state index in [1.807, 2.05) is 32.0 Å². The maximum absolute atomic E-state index is 11.1. The number of halogens is 1. The molecule has 0 aliphatic heterocycles. The lowest BCUT2D eigenvalue weighted by atomic mass is 10.2. The molecule has 28 heavy (non-hydrogen) atoms. The topological polar surface area (TPSA) is 98.0 Å². The van der Waals surface area contributed by atoms with Crippen molar-refractivity contribution in [1.82, 2.24) is 5.32 Å². The second-order valence-corrected chi connectivity index (χ2v) is 5.50. The number of nitrogens with one attached hydrogen (secondary N) is 2. The van der Waals surface area contributed by atoms with Crippen molar-refractivity contribution in [3.63, 3.8) is 0 Å². The molecule has 0 aliphatic carbocycles. The Morgan fingerprint density at radius 3 is 2.57 bits per heavy atom. The van der Waals surface area contributed by atoms with Gasteiger partial charge in [0.1, 0.15) is 0 Å². The third-order valence-electron chi connectivity index (χ3n) is 3.67. The van der Waals surface area contributed by atoms with Crippen molar-refractivity contribution in [2.75, 3.05) is 25.6 Å². The number of hydrogen-bond acceptors (Lipinski definition) is 5. The van der Waals surface area contributed by atoms with Gasteiger partial charge in [0.2, 0.25) is 0 Å². The Hall–Kier alpha value is -2.56. The third kappa shape index (κ3) is 6.55. The van der Waals surface area contributed by atoms with Crippen molar-refractivity contribution in [3.05, 3.63) is 58.1 Å². The zero-order valence-corrected chi connectivity index (χ0v) is 18.4. The molecule has 0 saturated carbocycles. The first-order valence-corrected chi connectivity index (χ1v) is 8.67. The number of nitrogens with zero attached hydrogens (tertiary/aromatic N) is 2. The summed E-state index contributed by atoms with van der Waals surface area (Å²) in [6, 6.07) is 12.1. The number of guanidine groups is 1. The SMILES string of the molecule is CCNC(=NCc1ccccc1[N+](=O)[O-])Nc1ccc(OCC)c(OC)c1.I. The van der Waals surface area contributed by atoms with Crippen molar-refractivity contribution in [2.45, 2.75) is 20.4 Å². The van der Waals surface area contributed by atoms with Crippen molar-refractivity contribution in [1.29, 1.82) is 0 Å². The van der Waals surface area contributed by atoms with E-state index in [-0.39, 0.29) is 36.2 Å². The van der Waals surface area contributed by atoms with Gasteiger partial charge in [-0.05, 0) is 26.0 Å². The summed E-state index contributed by atoms with van der Waals surface area (Å²) < 4.78 is 10.9. The number of nitro groups is 1. The highest BCUT2D eigenvalue weighted by atomic mass is 127. The number of rotatable bonds is 8. The molecule has 9 heteroatoms. The molecule has 152 valence electrons. The van der Waals surface area contributed by atoms with Gasteiger partial charge in [0.05, 0.1) is 30.7 Å². The molecular weight excluding hydrogens is 475 g/mol. The van der Waals surface area contributed by atoms with Crippen LogP contribution in [0.4, 0.5) is 11.4 Å². The van der Waals surface area contributed by atoms with Gasteiger partial charge in [-0.1, -0.05) is 18.2 Å². The maximum atomic E-state index is 11.1. The third-order valence-corrected chi connectivity index (χ3v) is 3.67. The van der Waals surface area contributed by atoms with E-state index in [1.54, 1.807) is 25.3 Å².